The molecule has 2 atom stereocenters. The molecule has 1 aliphatic rings. The summed E-state index contributed by atoms with van der Waals surface area (Å²) in [5.74, 6) is 0.742. The first kappa shape index (κ1) is 17.8. The van der Waals surface area contributed by atoms with Crippen molar-refractivity contribution in [2.24, 2.45) is 0 Å². The molecule has 1 aliphatic heterocycles. The summed E-state index contributed by atoms with van der Waals surface area (Å²) in [5.41, 5.74) is 1.92. The van der Waals surface area contributed by atoms with E-state index in [2.05, 4.69) is 20.3 Å². The van der Waals surface area contributed by atoms with E-state index >= 15 is 0 Å². The molecule has 0 bridgehead atoms. The van der Waals surface area contributed by atoms with Crippen LogP contribution in [0.3, 0.4) is 0 Å². The van der Waals surface area contributed by atoms with Gasteiger partial charge in [0, 0.05) is 30.9 Å². The number of urea groups is 1. The van der Waals surface area contributed by atoms with Gasteiger partial charge in [-0.05, 0) is 32.4 Å². The highest BCUT2D eigenvalue weighted by atomic mass is 32.1. The van der Waals surface area contributed by atoms with Gasteiger partial charge in [-0.2, -0.15) is 0 Å². The third kappa shape index (κ3) is 3.91. The second-order valence-corrected chi connectivity index (χ2v) is 7.84. The number of nitrogens with zero attached hydrogens (tertiary/aromatic N) is 4. The molecule has 2 amide bonds. The van der Waals surface area contributed by atoms with Crippen molar-refractivity contribution < 1.29 is 9.53 Å². The fraction of sp³-hybridized carbons (Fsp3) is 0.368. The van der Waals surface area contributed by atoms with Crippen LogP contribution < -0.4 is 5.32 Å². The van der Waals surface area contributed by atoms with Crippen molar-refractivity contribution in [1.29, 1.82) is 0 Å². The molecule has 1 aromatic carbocycles. The molecule has 0 unspecified atom stereocenters. The number of thiazole rings is 1. The van der Waals surface area contributed by atoms with Crippen molar-refractivity contribution in [1.82, 2.24) is 19.9 Å². The van der Waals surface area contributed by atoms with Crippen LogP contribution in [-0.2, 0) is 4.74 Å². The molecular formula is C19H21N5O2S. The number of fused-ring (bicyclic) bond motifs is 1. The largest absolute Gasteiger partial charge is 0.372 e. The SMILES string of the molecule is Cc1ncc2ccc(-c3cnc(NC(=O)N4C[C@@H](C)O[C@@H](C)C4)s3)cc2n1. The molecular weight excluding hydrogens is 362 g/mol. The van der Waals surface area contributed by atoms with Gasteiger partial charge in [-0.25, -0.2) is 19.7 Å². The van der Waals surface area contributed by atoms with Gasteiger partial charge in [0.15, 0.2) is 5.13 Å². The summed E-state index contributed by atoms with van der Waals surface area (Å²) in [7, 11) is 0. The average molecular weight is 383 g/mol. The molecule has 0 saturated carbocycles. The number of anilines is 1. The van der Waals surface area contributed by atoms with Gasteiger partial charge in [0.05, 0.1) is 22.6 Å². The minimum absolute atomic E-state index is 0.0365. The van der Waals surface area contributed by atoms with Crippen molar-refractivity contribution in [3.63, 3.8) is 0 Å². The first-order valence-corrected chi connectivity index (χ1v) is 9.70. The van der Waals surface area contributed by atoms with Gasteiger partial charge in [0.2, 0.25) is 0 Å². The summed E-state index contributed by atoms with van der Waals surface area (Å²) in [6, 6.07) is 5.90. The molecule has 3 heterocycles. The minimum atomic E-state index is -0.139. The molecule has 2 aromatic heterocycles. The van der Waals surface area contributed by atoms with Crippen molar-refractivity contribution >= 4 is 33.4 Å². The number of carbonyl (C=O) groups is 1. The Morgan fingerprint density at radius 1 is 1.22 bits per heavy atom. The van der Waals surface area contributed by atoms with E-state index in [-0.39, 0.29) is 18.2 Å². The fourth-order valence-electron chi connectivity index (χ4n) is 3.25. The lowest BCUT2D eigenvalue weighted by Crippen LogP contribution is -2.49. The predicted octanol–water partition coefficient (Wildman–Crippen LogP) is 3.70. The molecule has 0 aliphatic carbocycles. The zero-order valence-electron chi connectivity index (χ0n) is 15.5. The Labute approximate surface area is 161 Å². The predicted molar refractivity (Wildman–Crippen MR) is 106 cm³/mol. The van der Waals surface area contributed by atoms with Crippen molar-refractivity contribution in [3.05, 3.63) is 36.4 Å². The van der Waals surface area contributed by atoms with Crippen LogP contribution >= 0.6 is 11.3 Å². The number of aromatic nitrogens is 3. The number of nitrogens with one attached hydrogen (secondary N) is 1. The fourth-order valence-corrected chi connectivity index (χ4v) is 4.05. The molecule has 8 heteroatoms. The van der Waals surface area contributed by atoms with Crippen LogP contribution in [-0.4, -0.2) is 51.2 Å². The standard InChI is InChI=1S/C19H21N5O2S/c1-11-9-24(10-12(2)26-11)19(25)23-18-21-8-17(27-18)14-4-5-15-7-20-13(3)22-16(15)6-14/h4-8,11-12H,9-10H2,1-3H3,(H,21,23,25)/t11-,12+. The van der Waals surface area contributed by atoms with Gasteiger partial charge >= 0.3 is 6.03 Å². The molecule has 27 heavy (non-hydrogen) atoms. The zero-order valence-corrected chi connectivity index (χ0v) is 16.3. The number of rotatable bonds is 2. The number of amides is 2. The number of hydrogen-bond donors (Lipinski definition) is 1. The highest BCUT2D eigenvalue weighted by Gasteiger charge is 2.26. The molecule has 1 N–H and O–H groups in total. The van der Waals surface area contributed by atoms with Gasteiger partial charge in [0.1, 0.15) is 5.82 Å². The normalized spacial score (nSPS) is 20.0. The van der Waals surface area contributed by atoms with Gasteiger partial charge < -0.3 is 9.64 Å². The monoisotopic (exact) mass is 383 g/mol. The molecule has 0 radical (unpaired) electrons. The maximum absolute atomic E-state index is 12.5. The van der Waals surface area contributed by atoms with Crippen LogP contribution in [0.15, 0.2) is 30.6 Å². The molecule has 4 rings (SSSR count). The Morgan fingerprint density at radius 3 is 2.78 bits per heavy atom. The molecule has 140 valence electrons. The maximum atomic E-state index is 12.5. The highest BCUT2D eigenvalue weighted by Crippen LogP contribution is 2.31. The molecule has 1 fully saturated rings. The van der Waals surface area contributed by atoms with Crippen LogP contribution in [0, 0.1) is 6.92 Å². The summed E-state index contributed by atoms with van der Waals surface area (Å²) in [5, 5.41) is 4.48. The Bertz CT molecular complexity index is 979. The minimum Gasteiger partial charge on any atom is -0.372 e. The second-order valence-electron chi connectivity index (χ2n) is 6.81. The number of morpholine rings is 1. The first-order chi connectivity index (χ1) is 13.0. The Balaban J connectivity index is 1.51. The van der Waals surface area contributed by atoms with Gasteiger partial charge in [-0.3, -0.25) is 5.32 Å². The van der Waals surface area contributed by atoms with Crippen LogP contribution in [0.5, 0.6) is 0 Å². The summed E-state index contributed by atoms with van der Waals surface area (Å²) >= 11 is 1.45. The topological polar surface area (TPSA) is 80.2 Å². The van der Waals surface area contributed by atoms with Gasteiger partial charge in [-0.15, -0.1) is 0 Å². The van der Waals surface area contributed by atoms with Gasteiger partial charge in [-0.1, -0.05) is 23.5 Å². The van der Waals surface area contributed by atoms with Crippen LogP contribution in [0.2, 0.25) is 0 Å². The zero-order chi connectivity index (χ0) is 19.0. The van der Waals surface area contributed by atoms with Crippen LogP contribution in [0.4, 0.5) is 9.93 Å². The molecule has 1 saturated heterocycles. The number of carbonyl (C=O) groups excluding carboxylic acids is 1. The number of hydrogen-bond acceptors (Lipinski definition) is 6. The Hall–Kier alpha value is -2.58. The van der Waals surface area contributed by atoms with E-state index in [9.17, 15) is 4.79 Å². The van der Waals surface area contributed by atoms with Crippen LogP contribution in [0.25, 0.3) is 21.3 Å². The smallest absolute Gasteiger partial charge is 0.323 e. The van der Waals surface area contributed by atoms with E-state index < -0.39 is 0 Å². The maximum Gasteiger partial charge on any atom is 0.323 e. The average Bonchev–Trinajstić information content (AvgIpc) is 3.08. The van der Waals surface area contributed by atoms with Crippen molar-refractivity contribution in [2.75, 3.05) is 18.4 Å². The van der Waals surface area contributed by atoms with E-state index in [1.165, 1.54) is 11.3 Å². The van der Waals surface area contributed by atoms with E-state index in [1.807, 2.05) is 45.2 Å². The van der Waals surface area contributed by atoms with E-state index in [4.69, 9.17) is 4.74 Å². The molecule has 3 aromatic rings. The van der Waals surface area contributed by atoms with Crippen molar-refractivity contribution in [3.8, 4) is 10.4 Å². The third-order valence-corrected chi connectivity index (χ3v) is 5.38. The summed E-state index contributed by atoms with van der Waals surface area (Å²) in [4.78, 5) is 28.3. The lowest BCUT2D eigenvalue weighted by molar-refractivity contribution is -0.0530. The van der Waals surface area contributed by atoms with Gasteiger partial charge in [0.25, 0.3) is 0 Å². The lowest BCUT2D eigenvalue weighted by atomic mass is 10.1. The summed E-state index contributed by atoms with van der Waals surface area (Å²) < 4.78 is 5.68. The molecule has 0 spiro atoms. The third-order valence-electron chi connectivity index (χ3n) is 4.41. The van der Waals surface area contributed by atoms with E-state index in [0.29, 0.717) is 18.2 Å². The summed E-state index contributed by atoms with van der Waals surface area (Å²) in [6.07, 6.45) is 3.67. The number of ether oxygens (including phenoxy) is 1. The number of aryl methyl sites for hydroxylation is 1. The number of benzene rings is 1. The van der Waals surface area contributed by atoms with E-state index in [0.717, 1.165) is 27.2 Å². The highest BCUT2D eigenvalue weighted by molar-refractivity contribution is 7.19. The summed E-state index contributed by atoms with van der Waals surface area (Å²) in [6.45, 7) is 6.99. The lowest BCUT2D eigenvalue weighted by Gasteiger charge is -2.34. The quantitative estimate of drug-likeness (QED) is 0.730. The first-order valence-electron chi connectivity index (χ1n) is 8.89. The Morgan fingerprint density at radius 2 is 2.00 bits per heavy atom. The van der Waals surface area contributed by atoms with E-state index in [1.54, 1.807) is 11.1 Å². The molecule has 7 nitrogen and oxygen atoms in total. The van der Waals surface area contributed by atoms with Crippen LogP contribution in [0.1, 0.15) is 19.7 Å². The second kappa shape index (κ2) is 7.21. The van der Waals surface area contributed by atoms with Crippen molar-refractivity contribution in [2.45, 2.75) is 33.0 Å². The Kier molecular flexibility index (Phi) is 4.75.